The lowest BCUT2D eigenvalue weighted by Gasteiger charge is -2.02. The van der Waals surface area contributed by atoms with Gasteiger partial charge in [0, 0.05) is 12.2 Å². The molecule has 0 saturated heterocycles. The molecule has 0 radical (unpaired) electrons. The summed E-state index contributed by atoms with van der Waals surface area (Å²) in [6.45, 7) is 3.27. The third-order valence-electron chi connectivity index (χ3n) is 0.927. The Balaban J connectivity index is 4.03. The van der Waals surface area contributed by atoms with E-state index in [1.165, 1.54) is 12.2 Å². The zero-order chi connectivity index (χ0) is 8.69. The van der Waals surface area contributed by atoms with Crippen molar-refractivity contribution in [3.63, 3.8) is 0 Å². The van der Waals surface area contributed by atoms with Gasteiger partial charge in [-0.3, -0.25) is 9.59 Å². The molecule has 0 N–H and O–H groups in total. The Bertz CT molecular complexity index is 179. The number of ether oxygens (including phenoxy) is 1. The van der Waals surface area contributed by atoms with Crippen LogP contribution in [0.1, 0.15) is 13.8 Å². The fourth-order valence-electron chi connectivity index (χ4n) is 0.514. The largest absolute Gasteiger partial charge is 0.466 e. The molecule has 0 heterocycles. The van der Waals surface area contributed by atoms with Gasteiger partial charge in [-0.05, 0) is 13.8 Å². The minimum Gasteiger partial charge on any atom is -0.466 e. The van der Waals surface area contributed by atoms with Gasteiger partial charge in [0.25, 0.3) is 0 Å². The Labute approximate surface area is 65.4 Å². The van der Waals surface area contributed by atoms with Crippen molar-refractivity contribution in [1.29, 1.82) is 0 Å². The van der Waals surface area contributed by atoms with Gasteiger partial charge in [0.05, 0.1) is 0 Å². The quantitative estimate of drug-likeness (QED) is 0.347. The molecule has 0 saturated carbocycles. The Morgan fingerprint density at radius 2 is 1.36 bits per heavy atom. The first-order valence-electron chi connectivity index (χ1n) is 3.12. The van der Waals surface area contributed by atoms with E-state index in [0.29, 0.717) is 24.1 Å². The smallest absolute Gasteiger partial charge is 0.146 e. The van der Waals surface area contributed by atoms with Crippen LogP contribution in [0.25, 0.3) is 0 Å². The van der Waals surface area contributed by atoms with Gasteiger partial charge in [0.2, 0.25) is 0 Å². The average molecular weight is 154 g/mol. The van der Waals surface area contributed by atoms with E-state index < -0.39 is 0 Å². The lowest BCUT2D eigenvalue weighted by atomic mass is 10.4. The number of rotatable bonds is 4. The number of aldehydes is 2. The van der Waals surface area contributed by atoms with Crippen LogP contribution in [0.5, 0.6) is 0 Å². The Morgan fingerprint density at radius 3 is 1.64 bits per heavy atom. The summed E-state index contributed by atoms with van der Waals surface area (Å²) < 4.78 is 4.99. The fraction of sp³-hybridized carbons (Fsp3) is 0.250. The Hall–Kier alpha value is -1.38. The molecule has 0 amide bonds. The highest BCUT2D eigenvalue weighted by Gasteiger charge is 1.90. The molecule has 0 aromatic heterocycles. The molecular weight excluding hydrogens is 144 g/mol. The lowest BCUT2D eigenvalue weighted by molar-refractivity contribution is -0.104. The summed E-state index contributed by atoms with van der Waals surface area (Å²) in [5, 5.41) is 0. The van der Waals surface area contributed by atoms with Gasteiger partial charge in [-0.2, -0.15) is 0 Å². The molecule has 0 aliphatic rings. The number of allylic oxidation sites excluding steroid dienone is 4. The summed E-state index contributed by atoms with van der Waals surface area (Å²) in [4.78, 5) is 19.8. The molecule has 0 aromatic rings. The molecule has 0 aromatic carbocycles. The first-order chi connectivity index (χ1) is 5.20. The van der Waals surface area contributed by atoms with E-state index in [4.69, 9.17) is 4.74 Å². The van der Waals surface area contributed by atoms with E-state index in [-0.39, 0.29) is 0 Å². The second kappa shape index (κ2) is 5.41. The summed E-state index contributed by atoms with van der Waals surface area (Å²) in [6.07, 6.45) is 3.82. The van der Waals surface area contributed by atoms with Crippen LogP contribution in [0.3, 0.4) is 0 Å². The van der Waals surface area contributed by atoms with Crippen LogP contribution in [0.2, 0.25) is 0 Å². The van der Waals surface area contributed by atoms with Crippen molar-refractivity contribution < 1.29 is 14.3 Å². The van der Waals surface area contributed by atoms with Crippen molar-refractivity contribution in [3.8, 4) is 0 Å². The zero-order valence-corrected chi connectivity index (χ0v) is 6.53. The van der Waals surface area contributed by atoms with Crippen molar-refractivity contribution in [3.05, 3.63) is 23.7 Å². The normalized spacial score (nSPS) is 12.5. The number of carbonyl (C=O) groups is 2. The average Bonchev–Trinajstić information content (AvgIpc) is 1.87. The highest BCUT2D eigenvalue weighted by atomic mass is 16.5. The van der Waals surface area contributed by atoms with Crippen LogP contribution in [0.4, 0.5) is 0 Å². The van der Waals surface area contributed by atoms with Crippen molar-refractivity contribution >= 4 is 12.6 Å². The first-order valence-corrected chi connectivity index (χ1v) is 3.12. The maximum absolute atomic E-state index is 9.91. The highest BCUT2D eigenvalue weighted by molar-refractivity contribution is 5.66. The lowest BCUT2D eigenvalue weighted by Crippen LogP contribution is -1.86. The highest BCUT2D eigenvalue weighted by Crippen LogP contribution is 2.02. The van der Waals surface area contributed by atoms with Crippen LogP contribution in [-0.2, 0) is 14.3 Å². The Morgan fingerprint density at radius 1 is 1.00 bits per heavy atom. The van der Waals surface area contributed by atoms with Gasteiger partial charge < -0.3 is 4.74 Å². The van der Waals surface area contributed by atoms with Gasteiger partial charge >= 0.3 is 0 Å². The molecule has 0 fully saturated rings. The fourth-order valence-corrected chi connectivity index (χ4v) is 0.514. The zero-order valence-electron chi connectivity index (χ0n) is 6.53. The van der Waals surface area contributed by atoms with E-state index in [9.17, 15) is 9.59 Å². The van der Waals surface area contributed by atoms with Crippen LogP contribution in [0.15, 0.2) is 23.7 Å². The summed E-state index contributed by atoms with van der Waals surface area (Å²) in [5.41, 5.74) is 0. The summed E-state index contributed by atoms with van der Waals surface area (Å²) >= 11 is 0. The number of hydrogen-bond acceptors (Lipinski definition) is 3. The SMILES string of the molecule is CC(=CC=O)OC(C)=CC=O. The molecule has 0 spiro atoms. The van der Waals surface area contributed by atoms with Crippen molar-refractivity contribution in [2.75, 3.05) is 0 Å². The molecule has 3 heteroatoms. The third kappa shape index (κ3) is 5.08. The maximum Gasteiger partial charge on any atom is 0.146 e. The molecule has 11 heavy (non-hydrogen) atoms. The van der Waals surface area contributed by atoms with E-state index in [2.05, 4.69) is 0 Å². The molecule has 0 rings (SSSR count). The molecule has 0 aliphatic carbocycles. The van der Waals surface area contributed by atoms with Gasteiger partial charge in [0.1, 0.15) is 24.1 Å². The second-order valence-corrected chi connectivity index (χ2v) is 1.93. The van der Waals surface area contributed by atoms with Gasteiger partial charge in [-0.25, -0.2) is 0 Å². The van der Waals surface area contributed by atoms with Crippen molar-refractivity contribution in [1.82, 2.24) is 0 Å². The minimum atomic E-state index is 0.468. The molecule has 0 aliphatic heterocycles. The second-order valence-electron chi connectivity index (χ2n) is 1.93. The first kappa shape index (κ1) is 9.62. The Kier molecular flexibility index (Phi) is 4.73. The molecule has 0 atom stereocenters. The van der Waals surface area contributed by atoms with E-state index >= 15 is 0 Å². The molecule has 0 bridgehead atoms. The molecule has 60 valence electrons. The predicted molar refractivity (Wildman–Crippen MR) is 40.7 cm³/mol. The maximum atomic E-state index is 9.91. The summed E-state index contributed by atoms with van der Waals surface area (Å²) in [7, 11) is 0. The van der Waals surface area contributed by atoms with Crippen LogP contribution in [0, 0.1) is 0 Å². The van der Waals surface area contributed by atoms with E-state index in [1.54, 1.807) is 13.8 Å². The van der Waals surface area contributed by atoms with Gasteiger partial charge in [-0.15, -0.1) is 0 Å². The van der Waals surface area contributed by atoms with Gasteiger partial charge in [0.15, 0.2) is 0 Å². The predicted octanol–water partition coefficient (Wildman–Crippen LogP) is 1.21. The minimum absolute atomic E-state index is 0.468. The molecular formula is C8H10O3. The van der Waals surface area contributed by atoms with Crippen LogP contribution in [-0.4, -0.2) is 12.6 Å². The molecule has 0 unspecified atom stereocenters. The summed E-state index contributed by atoms with van der Waals surface area (Å²) in [6, 6.07) is 0. The van der Waals surface area contributed by atoms with Crippen LogP contribution >= 0.6 is 0 Å². The van der Waals surface area contributed by atoms with Crippen molar-refractivity contribution in [2.45, 2.75) is 13.8 Å². The van der Waals surface area contributed by atoms with E-state index in [0.717, 1.165) is 0 Å². The van der Waals surface area contributed by atoms with Crippen molar-refractivity contribution in [2.24, 2.45) is 0 Å². The van der Waals surface area contributed by atoms with E-state index in [1.807, 2.05) is 0 Å². The number of carbonyl (C=O) groups excluding carboxylic acids is 2. The third-order valence-corrected chi connectivity index (χ3v) is 0.927. The van der Waals surface area contributed by atoms with Gasteiger partial charge in [-0.1, -0.05) is 0 Å². The topological polar surface area (TPSA) is 43.4 Å². The monoisotopic (exact) mass is 154 g/mol. The molecule has 3 nitrogen and oxygen atoms in total. The van der Waals surface area contributed by atoms with Crippen LogP contribution < -0.4 is 0 Å². The summed E-state index contributed by atoms with van der Waals surface area (Å²) in [5.74, 6) is 0.936. The number of hydrogen-bond donors (Lipinski definition) is 0. The standard InChI is InChI=1S/C8H10O3/c1-7(3-5-9)11-8(2)4-6-10/h3-6H,1-2H3.